The summed E-state index contributed by atoms with van der Waals surface area (Å²) in [5.41, 5.74) is 6.57. The number of carbonyl (C=O) groups is 3. The van der Waals surface area contributed by atoms with Gasteiger partial charge < -0.3 is 14.7 Å². The third-order valence-electron chi connectivity index (χ3n) is 7.69. The van der Waals surface area contributed by atoms with E-state index in [9.17, 15) is 14.4 Å². The Morgan fingerprint density at radius 1 is 0.974 bits per heavy atom. The third kappa shape index (κ3) is 5.18. The Hall–Kier alpha value is -3.65. The highest BCUT2D eigenvalue weighted by Crippen LogP contribution is 2.33. The summed E-state index contributed by atoms with van der Waals surface area (Å²) in [6.07, 6.45) is 3.49. The molecule has 2 aliphatic heterocycles. The number of amides is 3. The van der Waals surface area contributed by atoms with Gasteiger partial charge in [0.1, 0.15) is 0 Å². The summed E-state index contributed by atoms with van der Waals surface area (Å²) in [5, 5.41) is 5.04. The summed E-state index contributed by atoms with van der Waals surface area (Å²) in [6.45, 7) is 6.30. The molecule has 9 heteroatoms. The lowest BCUT2D eigenvalue weighted by Gasteiger charge is -2.34. The Bertz CT molecular complexity index is 1410. The Balaban J connectivity index is 1.30. The van der Waals surface area contributed by atoms with Crippen molar-refractivity contribution in [2.24, 2.45) is 7.05 Å². The molecule has 2 aromatic carbocycles. The van der Waals surface area contributed by atoms with E-state index < -0.39 is 0 Å². The molecule has 0 unspecified atom stereocenters. The number of carbonyl (C=O) groups excluding carboxylic acids is 3. The smallest absolute Gasteiger partial charge is 0.258 e. The summed E-state index contributed by atoms with van der Waals surface area (Å²) >= 11 is 6.31. The summed E-state index contributed by atoms with van der Waals surface area (Å²) in [4.78, 5) is 43.5. The van der Waals surface area contributed by atoms with Gasteiger partial charge in [0, 0.05) is 80.5 Å². The normalized spacial score (nSPS) is 15.1. The van der Waals surface area contributed by atoms with Crippen LogP contribution in [0.5, 0.6) is 0 Å². The molecule has 0 spiro atoms. The van der Waals surface area contributed by atoms with Crippen LogP contribution in [0.1, 0.15) is 51.7 Å². The molecular weight excluding hydrogens is 502 g/mol. The largest absolute Gasteiger partial charge is 0.339 e. The van der Waals surface area contributed by atoms with E-state index in [0.717, 1.165) is 33.6 Å². The van der Waals surface area contributed by atoms with Gasteiger partial charge in [0.05, 0.1) is 12.7 Å². The lowest BCUT2D eigenvalue weighted by Crippen LogP contribution is -2.50. The van der Waals surface area contributed by atoms with Crippen molar-refractivity contribution >= 4 is 35.0 Å². The van der Waals surface area contributed by atoms with Crippen LogP contribution in [0.2, 0.25) is 5.02 Å². The third-order valence-corrected chi connectivity index (χ3v) is 7.92. The Morgan fingerprint density at radius 2 is 1.71 bits per heavy atom. The molecule has 8 nitrogen and oxygen atoms in total. The number of piperazine rings is 1. The number of fused-ring (bicyclic) bond motifs is 2. The predicted octanol–water partition coefficient (Wildman–Crippen LogP) is 3.76. The lowest BCUT2D eigenvalue weighted by molar-refractivity contribution is -0.138. The van der Waals surface area contributed by atoms with Gasteiger partial charge in [0.25, 0.3) is 5.91 Å². The molecule has 198 valence electrons. The van der Waals surface area contributed by atoms with Crippen LogP contribution in [-0.2, 0) is 36.0 Å². The molecular formula is C29H32ClN5O3. The van der Waals surface area contributed by atoms with Crippen molar-refractivity contribution in [3.63, 3.8) is 0 Å². The van der Waals surface area contributed by atoms with E-state index >= 15 is 0 Å². The van der Waals surface area contributed by atoms with Gasteiger partial charge in [0.15, 0.2) is 0 Å². The van der Waals surface area contributed by atoms with E-state index in [-0.39, 0.29) is 17.7 Å². The second kappa shape index (κ2) is 10.6. The van der Waals surface area contributed by atoms with Gasteiger partial charge in [-0.05, 0) is 60.4 Å². The van der Waals surface area contributed by atoms with Crippen LogP contribution in [0.4, 0.5) is 5.69 Å². The summed E-state index contributed by atoms with van der Waals surface area (Å²) in [7, 11) is 1.92. The Kier molecular flexibility index (Phi) is 7.25. The van der Waals surface area contributed by atoms with Crippen LogP contribution < -0.4 is 4.90 Å². The predicted molar refractivity (Wildman–Crippen MR) is 146 cm³/mol. The minimum atomic E-state index is -0.0839. The molecule has 0 saturated carbocycles. The summed E-state index contributed by atoms with van der Waals surface area (Å²) < 4.78 is 1.86. The van der Waals surface area contributed by atoms with E-state index in [1.807, 2.05) is 66.1 Å². The monoisotopic (exact) mass is 533 g/mol. The highest BCUT2D eigenvalue weighted by atomic mass is 35.5. The zero-order valence-corrected chi connectivity index (χ0v) is 22.8. The molecule has 0 N–H and O–H groups in total. The van der Waals surface area contributed by atoms with Crippen molar-refractivity contribution in [3.05, 3.63) is 81.1 Å². The number of anilines is 1. The highest BCUT2D eigenvalue weighted by Gasteiger charge is 2.27. The van der Waals surface area contributed by atoms with Crippen molar-refractivity contribution in [1.29, 1.82) is 0 Å². The number of hydrogen-bond acceptors (Lipinski definition) is 4. The van der Waals surface area contributed by atoms with Crippen molar-refractivity contribution in [1.82, 2.24) is 19.6 Å². The van der Waals surface area contributed by atoms with Gasteiger partial charge in [-0.2, -0.15) is 5.10 Å². The first-order valence-corrected chi connectivity index (χ1v) is 13.3. The summed E-state index contributed by atoms with van der Waals surface area (Å²) in [6, 6.07) is 11.4. The molecule has 0 atom stereocenters. The number of benzene rings is 2. The van der Waals surface area contributed by atoms with Gasteiger partial charge in [0.2, 0.25) is 11.8 Å². The van der Waals surface area contributed by atoms with E-state index in [0.29, 0.717) is 62.6 Å². The number of halogens is 1. The van der Waals surface area contributed by atoms with E-state index in [2.05, 4.69) is 5.10 Å². The van der Waals surface area contributed by atoms with Crippen LogP contribution >= 0.6 is 11.6 Å². The molecule has 1 fully saturated rings. The second-order valence-corrected chi connectivity index (χ2v) is 10.5. The SMILES string of the molecule is CC(=O)N1CCN(C(=O)CCc2ccc(C(=O)N3Cc4cnn(C)c4Cc4cc(Cl)ccc43)cc2C)CC1. The van der Waals surface area contributed by atoms with Gasteiger partial charge in [-0.3, -0.25) is 19.1 Å². The first-order chi connectivity index (χ1) is 18.2. The van der Waals surface area contributed by atoms with Crippen molar-refractivity contribution in [2.45, 2.75) is 39.7 Å². The molecule has 2 aliphatic rings. The number of rotatable bonds is 4. The average molecular weight is 534 g/mol. The van der Waals surface area contributed by atoms with Crippen molar-refractivity contribution in [3.8, 4) is 0 Å². The topological polar surface area (TPSA) is 78.8 Å². The van der Waals surface area contributed by atoms with Crippen LogP contribution in [-0.4, -0.2) is 63.5 Å². The van der Waals surface area contributed by atoms with Crippen molar-refractivity contribution in [2.75, 3.05) is 31.1 Å². The van der Waals surface area contributed by atoms with Crippen molar-refractivity contribution < 1.29 is 14.4 Å². The molecule has 3 heterocycles. The Morgan fingerprint density at radius 3 is 2.42 bits per heavy atom. The molecule has 38 heavy (non-hydrogen) atoms. The highest BCUT2D eigenvalue weighted by molar-refractivity contribution is 6.30. The van der Waals surface area contributed by atoms with Crippen LogP contribution in [0, 0.1) is 6.92 Å². The van der Waals surface area contributed by atoms with Gasteiger partial charge in [-0.25, -0.2) is 0 Å². The fourth-order valence-electron chi connectivity index (χ4n) is 5.38. The maximum Gasteiger partial charge on any atom is 0.258 e. The van der Waals surface area contributed by atoms with E-state index in [1.165, 1.54) is 0 Å². The van der Waals surface area contributed by atoms with Crippen LogP contribution in [0.15, 0.2) is 42.6 Å². The molecule has 1 saturated heterocycles. The zero-order valence-electron chi connectivity index (χ0n) is 22.0. The first kappa shape index (κ1) is 26.0. The molecule has 0 bridgehead atoms. The number of aromatic nitrogens is 2. The molecule has 3 amide bonds. The zero-order chi connectivity index (χ0) is 27.0. The maximum absolute atomic E-state index is 13.8. The molecule has 0 radical (unpaired) electrons. The fourth-order valence-corrected chi connectivity index (χ4v) is 5.57. The number of nitrogens with zero attached hydrogens (tertiary/aromatic N) is 5. The molecule has 1 aromatic heterocycles. The first-order valence-electron chi connectivity index (χ1n) is 12.9. The molecule has 3 aromatic rings. The second-order valence-electron chi connectivity index (χ2n) is 10.1. The minimum Gasteiger partial charge on any atom is -0.339 e. The van der Waals surface area contributed by atoms with E-state index in [1.54, 1.807) is 16.7 Å². The Labute approximate surface area is 227 Å². The summed E-state index contributed by atoms with van der Waals surface area (Å²) in [5.74, 6) is 0.0647. The number of hydrogen-bond donors (Lipinski definition) is 0. The fraction of sp³-hybridized carbons (Fsp3) is 0.379. The van der Waals surface area contributed by atoms with E-state index in [4.69, 9.17) is 11.6 Å². The quantitative estimate of drug-likeness (QED) is 0.511. The van der Waals surface area contributed by atoms with Gasteiger partial charge in [-0.1, -0.05) is 17.7 Å². The molecule has 0 aliphatic carbocycles. The van der Waals surface area contributed by atoms with Gasteiger partial charge in [-0.15, -0.1) is 0 Å². The van der Waals surface area contributed by atoms with Gasteiger partial charge >= 0.3 is 0 Å². The standard InChI is InChI=1S/C29H32ClN5O3/c1-19-14-22(5-4-21(19)6-9-28(37)34-12-10-33(11-13-34)20(2)36)29(38)35-18-24-17-31-32(3)27(24)16-23-15-25(30)7-8-26(23)35/h4-5,7-8,14-15,17H,6,9-13,16,18H2,1-3H3. The van der Waals surface area contributed by atoms with Crippen LogP contribution in [0.25, 0.3) is 0 Å². The average Bonchev–Trinajstić information content (AvgIpc) is 3.15. The lowest BCUT2D eigenvalue weighted by atomic mass is 9.99. The minimum absolute atomic E-state index is 0.0516. The molecule has 5 rings (SSSR count). The number of aryl methyl sites for hydroxylation is 3. The maximum atomic E-state index is 13.8. The van der Waals surface area contributed by atoms with Crippen LogP contribution in [0.3, 0.4) is 0 Å².